The second-order valence-corrected chi connectivity index (χ2v) is 15.4. The van der Waals surface area contributed by atoms with Crippen LogP contribution in [0.3, 0.4) is 0 Å². The first-order valence-corrected chi connectivity index (χ1v) is 21.8. The van der Waals surface area contributed by atoms with Crippen LogP contribution in [0.1, 0.15) is 108 Å². The molecule has 4 heteroatoms. The van der Waals surface area contributed by atoms with Crippen LogP contribution in [0, 0.1) is 28.7 Å². The van der Waals surface area contributed by atoms with Crippen molar-refractivity contribution < 1.29 is 23.3 Å². The Kier molecular flexibility index (Phi) is 20.7. The molecular formula is C48H62Cl2SiZr-4. The molecule has 1 atom stereocenters. The van der Waals surface area contributed by atoms with Crippen molar-refractivity contribution in [3.63, 3.8) is 0 Å². The maximum absolute atomic E-state index is 3.06. The van der Waals surface area contributed by atoms with Crippen LogP contribution in [-0.2, 0) is 34.2 Å². The van der Waals surface area contributed by atoms with Crippen molar-refractivity contribution in [2.75, 3.05) is 0 Å². The van der Waals surface area contributed by atoms with Gasteiger partial charge >= 0.3 is 30.2 Å². The monoisotopic (exact) mass is 826 g/mol. The zero-order chi connectivity index (χ0) is 35.2. The van der Waals surface area contributed by atoms with Crippen molar-refractivity contribution in [2.45, 2.75) is 105 Å². The third kappa shape index (κ3) is 11.9. The first kappa shape index (κ1) is 49.8. The van der Waals surface area contributed by atoms with Crippen LogP contribution in [0.25, 0.3) is 43.8 Å². The van der Waals surface area contributed by atoms with Crippen molar-refractivity contribution in [3.05, 3.63) is 146 Å². The number of rotatable bonds is 6. The van der Waals surface area contributed by atoms with Crippen LogP contribution >= 0.6 is 24.8 Å². The fourth-order valence-electron chi connectivity index (χ4n) is 6.84. The predicted octanol–water partition coefficient (Wildman–Crippen LogP) is 15.3. The van der Waals surface area contributed by atoms with Crippen LogP contribution in [0.2, 0.25) is 0 Å². The Labute approximate surface area is 347 Å². The van der Waals surface area contributed by atoms with E-state index in [4.69, 9.17) is 0 Å². The van der Waals surface area contributed by atoms with Gasteiger partial charge in [0, 0.05) is 0 Å². The Bertz CT molecular complexity index is 1930. The van der Waals surface area contributed by atoms with Crippen LogP contribution in [0.5, 0.6) is 0 Å². The summed E-state index contributed by atoms with van der Waals surface area (Å²) in [6, 6.07) is 38.8. The molecule has 0 saturated carbocycles. The summed E-state index contributed by atoms with van der Waals surface area (Å²) in [6.45, 7) is 25.6. The average Bonchev–Trinajstić information content (AvgIpc) is 3.68. The molecule has 280 valence electrons. The molecule has 0 aliphatic rings. The molecule has 0 saturated heterocycles. The van der Waals surface area contributed by atoms with Crippen LogP contribution < -0.4 is 0 Å². The third-order valence-corrected chi connectivity index (χ3v) is 9.75. The predicted molar refractivity (Wildman–Crippen MR) is 238 cm³/mol. The van der Waals surface area contributed by atoms with Gasteiger partial charge in [0.1, 0.15) is 0 Å². The van der Waals surface area contributed by atoms with Crippen molar-refractivity contribution in [3.8, 4) is 22.3 Å². The van der Waals surface area contributed by atoms with Gasteiger partial charge < -0.3 is 14.9 Å². The molecule has 0 bridgehead atoms. The molecule has 6 aromatic carbocycles. The number of fused-ring (bicyclic) bond motifs is 2. The fourth-order valence-corrected chi connectivity index (χ4v) is 6.84. The van der Waals surface area contributed by atoms with E-state index in [-0.39, 0.29) is 50.5 Å². The molecule has 0 nitrogen and oxygen atoms in total. The SMILES string of the molecule is CCCC(CC)c1cc2c(-c3ccc(C(C)(C)C)cc3)cccc2[cH-]1.Cc1cc2c(-c3ccc(C(C)(C)C)cc3)ccc(C)c2[cH-]1.Cl.Cl.[CH3-].[CH3-].[Si]=[Zr]. The average molecular weight is 829 g/mol. The van der Waals surface area contributed by atoms with Crippen molar-refractivity contribution in [1.82, 2.24) is 0 Å². The fraction of sp³-hybridized carbons (Fsp3) is 0.333. The summed E-state index contributed by atoms with van der Waals surface area (Å²) in [5.41, 5.74) is 12.7. The summed E-state index contributed by atoms with van der Waals surface area (Å²) in [5, 5.41) is 5.53. The summed E-state index contributed by atoms with van der Waals surface area (Å²) in [7, 11) is 0. The van der Waals surface area contributed by atoms with Crippen LogP contribution in [-0.4, -0.2) is 6.88 Å². The van der Waals surface area contributed by atoms with Gasteiger partial charge in [-0.1, -0.05) is 154 Å². The number of benzene rings is 4. The van der Waals surface area contributed by atoms with Gasteiger partial charge in [-0.3, -0.25) is 0 Å². The third-order valence-electron chi connectivity index (χ3n) is 9.75. The van der Waals surface area contributed by atoms with E-state index < -0.39 is 0 Å². The Balaban J connectivity index is 0.000000899. The van der Waals surface area contributed by atoms with Gasteiger partial charge in [0.25, 0.3) is 0 Å². The molecule has 2 radical (unpaired) electrons. The second kappa shape index (κ2) is 21.6. The molecular weight excluding hydrogens is 767 g/mol. The van der Waals surface area contributed by atoms with Crippen molar-refractivity contribution >= 4 is 53.2 Å². The van der Waals surface area contributed by atoms with E-state index in [0.29, 0.717) is 5.92 Å². The summed E-state index contributed by atoms with van der Waals surface area (Å²) >= 11 is 1.36. The minimum atomic E-state index is 0. The molecule has 6 aromatic rings. The Morgan fingerprint density at radius 2 is 1.13 bits per heavy atom. The molecule has 0 fully saturated rings. The van der Waals surface area contributed by atoms with E-state index in [1.165, 1.54) is 114 Å². The Hall–Kier alpha value is -2.22. The molecule has 52 heavy (non-hydrogen) atoms. The molecule has 1 unspecified atom stereocenters. The quantitative estimate of drug-likeness (QED) is 0.116. The molecule has 0 aromatic heterocycles. The van der Waals surface area contributed by atoms with Gasteiger partial charge in [0.15, 0.2) is 0 Å². The number of halogens is 2. The number of hydrogen-bond acceptors (Lipinski definition) is 0. The molecule has 0 aliphatic heterocycles. The van der Waals surface area contributed by atoms with E-state index in [9.17, 15) is 0 Å². The van der Waals surface area contributed by atoms with Crippen molar-refractivity contribution in [2.24, 2.45) is 0 Å². The molecule has 0 aliphatic carbocycles. The first-order valence-electron chi connectivity index (χ1n) is 17.6. The number of hydrogen-bond donors (Lipinski definition) is 0. The van der Waals surface area contributed by atoms with E-state index in [2.05, 4.69) is 179 Å². The zero-order valence-electron chi connectivity index (χ0n) is 33.8. The molecule has 0 spiro atoms. The standard InChI is InChI=1S/C25H31.C21H23.2CH3.2ClH.Si.Zr/c1-6-9-18(7-2)21-16-20-10-8-11-23(24(20)17-21)19-12-14-22(15-13-19)25(3,4)5;1-14-12-19-15(2)6-11-18(20(19)13-14)16-7-9-17(10-8-16)21(3,4)5;;;;;;/h8,10-18H,6-7,9H2,1-5H3;6-13H,1-5H3;2*1H3;2*1H;;/q4*-1;;;;. The van der Waals surface area contributed by atoms with Crippen LogP contribution in [0.4, 0.5) is 0 Å². The summed E-state index contributed by atoms with van der Waals surface area (Å²) in [4.78, 5) is 0. The van der Waals surface area contributed by atoms with Crippen molar-refractivity contribution in [1.29, 1.82) is 0 Å². The Morgan fingerprint density at radius 3 is 1.60 bits per heavy atom. The first-order chi connectivity index (χ1) is 22.8. The molecule has 0 N–H and O–H groups in total. The van der Waals surface area contributed by atoms with Gasteiger partial charge in [0.05, 0.1) is 0 Å². The van der Waals surface area contributed by atoms with E-state index >= 15 is 0 Å². The van der Waals surface area contributed by atoms with Gasteiger partial charge in [-0.2, -0.15) is 12.1 Å². The summed E-state index contributed by atoms with van der Waals surface area (Å²) in [5.74, 6) is 0.688. The zero-order valence-corrected chi connectivity index (χ0v) is 38.9. The van der Waals surface area contributed by atoms with Gasteiger partial charge in [-0.15, -0.1) is 93.4 Å². The minimum absolute atomic E-state index is 0. The summed E-state index contributed by atoms with van der Waals surface area (Å²) in [6.07, 6.45) is 3.75. The van der Waals surface area contributed by atoms with Gasteiger partial charge in [-0.05, 0) is 45.4 Å². The Morgan fingerprint density at radius 1 is 0.635 bits per heavy atom. The van der Waals surface area contributed by atoms with E-state index in [1.54, 1.807) is 0 Å². The van der Waals surface area contributed by atoms with Gasteiger partial charge in [-0.25, -0.2) is 0 Å². The topological polar surface area (TPSA) is 0 Å². The van der Waals surface area contributed by atoms with E-state index in [1.807, 2.05) is 0 Å². The maximum atomic E-state index is 3.06. The number of aryl methyl sites for hydroxylation is 2. The molecule has 6 rings (SSSR count). The van der Waals surface area contributed by atoms with Gasteiger partial charge in [0.2, 0.25) is 0 Å². The summed E-state index contributed by atoms with van der Waals surface area (Å²) < 4.78 is 0. The molecule has 0 amide bonds. The molecule has 0 heterocycles. The van der Waals surface area contributed by atoms with Crippen LogP contribution in [0.15, 0.2) is 103 Å². The normalized spacial score (nSPS) is 11.3. The second-order valence-electron chi connectivity index (χ2n) is 15.4. The van der Waals surface area contributed by atoms with E-state index in [0.717, 1.165) is 0 Å².